The lowest BCUT2D eigenvalue weighted by Gasteiger charge is -2.40. The summed E-state index contributed by atoms with van der Waals surface area (Å²) in [7, 11) is 1.46. The van der Waals surface area contributed by atoms with E-state index in [1.165, 1.54) is 7.11 Å². The molecule has 1 aliphatic heterocycles. The highest BCUT2D eigenvalue weighted by atomic mass is 16.5. The number of piperazine rings is 1. The van der Waals surface area contributed by atoms with Crippen molar-refractivity contribution in [3.63, 3.8) is 0 Å². The molecule has 1 heterocycles. The highest BCUT2D eigenvalue weighted by Gasteiger charge is 2.36. The molecule has 0 amide bonds. The molecule has 1 rings (SSSR count). The molecule has 1 saturated heterocycles. The van der Waals surface area contributed by atoms with Crippen molar-refractivity contribution in [3.8, 4) is 0 Å². The van der Waals surface area contributed by atoms with Crippen molar-refractivity contribution in [1.29, 1.82) is 0 Å². The monoisotopic (exact) mass is 285 g/mol. The first-order valence-corrected chi connectivity index (χ1v) is 7.76. The summed E-state index contributed by atoms with van der Waals surface area (Å²) in [4.78, 5) is 17.0. The zero-order valence-electron chi connectivity index (χ0n) is 13.7. The Bertz CT molecular complexity index is 303. The summed E-state index contributed by atoms with van der Waals surface area (Å²) in [6.07, 6.45) is 0.777. The van der Waals surface area contributed by atoms with Crippen LogP contribution in [0, 0.1) is 0 Å². The number of hydrogen-bond donors (Lipinski definition) is 1. The zero-order chi connectivity index (χ0) is 15.2. The molecular weight excluding hydrogens is 254 g/mol. The van der Waals surface area contributed by atoms with E-state index in [1.807, 2.05) is 13.8 Å². The average Bonchev–Trinajstić information content (AvgIpc) is 2.46. The van der Waals surface area contributed by atoms with Crippen molar-refractivity contribution < 1.29 is 9.53 Å². The van der Waals surface area contributed by atoms with Crippen molar-refractivity contribution >= 4 is 5.97 Å². The van der Waals surface area contributed by atoms with Crippen LogP contribution in [-0.2, 0) is 9.53 Å². The summed E-state index contributed by atoms with van der Waals surface area (Å²) in [5.41, 5.74) is -0.592. The highest BCUT2D eigenvalue weighted by molar-refractivity contribution is 5.80. The van der Waals surface area contributed by atoms with Gasteiger partial charge in [0, 0.05) is 32.2 Å². The number of carbonyl (C=O) groups excluding carboxylic acids is 1. The maximum Gasteiger partial charge on any atom is 0.325 e. The molecule has 20 heavy (non-hydrogen) atoms. The van der Waals surface area contributed by atoms with E-state index in [-0.39, 0.29) is 5.97 Å². The van der Waals surface area contributed by atoms with Crippen molar-refractivity contribution in [2.24, 2.45) is 0 Å². The van der Waals surface area contributed by atoms with Gasteiger partial charge in [-0.3, -0.25) is 9.69 Å². The van der Waals surface area contributed by atoms with Gasteiger partial charge in [0.1, 0.15) is 5.54 Å². The topological polar surface area (TPSA) is 44.8 Å². The Hall–Kier alpha value is -0.650. The van der Waals surface area contributed by atoms with Crippen LogP contribution in [0.25, 0.3) is 0 Å². The number of ether oxygens (including phenoxy) is 1. The van der Waals surface area contributed by atoms with Crippen LogP contribution >= 0.6 is 0 Å². The largest absolute Gasteiger partial charge is 0.468 e. The number of rotatable bonds is 7. The van der Waals surface area contributed by atoms with Gasteiger partial charge in [-0.15, -0.1) is 0 Å². The molecule has 1 N–H and O–H groups in total. The summed E-state index contributed by atoms with van der Waals surface area (Å²) >= 11 is 0. The van der Waals surface area contributed by atoms with Gasteiger partial charge in [-0.2, -0.15) is 0 Å². The molecule has 0 aromatic carbocycles. The standard InChI is InChI=1S/C15H31N3O2/c1-6-16-15(4,14(19)20-5)12-13(3)18-10-8-17(7-2)9-11-18/h13,16H,6-12H2,1-5H3. The summed E-state index contributed by atoms with van der Waals surface area (Å²) in [5.74, 6) is -0.168. The van der Waals surface area contributed by atoms with Gasteiger partial charge in [0.2, 0.25) is 0 Å². The van der Waals surface area contributed by atoms with E-state index >= 15 is 0 Å². The first-order chi connectivity index (χ1) is 9.46. The molecule has 0 aromatic rings. The minimum atomic E-state index is -0.592. The average molecular weight is 285 g/mol. The van der Waals surface area contributed by atoms with E-state index in [4.69, 9.17) is 4.74 Å². The predicted octanol–water partition coefficient (Wildman–Crippen LogP) is 0.944. The number of nitrogens with one attached hydrogen (secondary N) is 1. The van der Waals surface area contributed by atoms with Crippen LogP contribution in [0.1, 0.15) is 34.1 Å². The molecule has 0 saturated carbocycles. The number of hydrogen-bond acceptors (Lipinski definition) is 5. The minimum absolute atomic E-state index is 0.168. The Balaban J connectivity index is 2.58. The minimum Gasteiger partial charge on any atom is -0.468 e. The first kappa shape index (κ1) is 17.4. The van der Waals surface area contributed by atoms with Gasteiger partial charge in [0.25, 0.3) is 0 Å². The van der Waals surface area contributed by atoms with Crippen molar-refractivity contribution in [2.75, 3.05) is 46.4 Å². The molecule has 5 heteroatoms. The molecule has 2 unspecified atom stereocenters. The SMILES string of the molecule is CCNC(C)(CC(C)N1CCN(CC)CC1)C(=O)OC. The lowest BCUT2D eigenvalue weighted by atomic mass is 9.92. The van der Waals surface area contributed by atoms with Gasteiger partial charge >= 0.3 is 5.97 Å². The molecule has 0 spiro atoms. The second kappa shape index (κ2) is 7.96. The molecular formula is C15H31N3O2. The van der Waals surface area contributed by atoms with Gasteiger partial charge < -0.3 is 15.0 Å². The Morgan fingerprint density at radius 2 is 1.90 bits per heavy atom. The van der Waals surface area contributed by atoms with Crippen LogP contribution in [0.5, 0.6) is 0 Å². The molecule has 0 bridgehead atoms. The molecule has 1 aliphatic rings. The molecule has 2 atom stereocenters. The predicted molar refractivity (Wildman–Crippen MR) is 81.9 cm³/mol. The highest BCUT2D eigenvalue weighted by Crippen LogP contribution is 2.19. The maximum absolute atomic E-state index is 12.0. The Morgan fingerprint density at radius 3 is 2.35 bits per heavy atom. The van der Waals surface area contributed by atoms with Crippen LogP contribution in [0.2, 0.25) is 0 Å². The third kappa shape index (κ3) is 4.43. The fourth-order valence-corrected chi connectivity index (χ4v) is 3.08. The molecule has 0 aliphatic carbocycles. The van der Waals surface area contributed by atoms with Gasteiger partial charge in [0.05, 0.1) is 7.11 Å². The van der Waals surface area contributed by atoms with E-state index < -0.39 is 5.54 Å². The number of carbonyl (C=O) groups is 1. The Kier molecular flexibility index (Phi) is 6.92. The van der Waals surface area contributed by atoms with Crippen molar-refractivity contribution in [3.05, 3.63) is 0 Å². The van der Waals surface area contributed by atoms with Crippen molar-refractivity contribution in [2.45, 2.75) is 45.7 Å². The number of esters is 1. The van der Waals surface area contributed by atoms with Crippen LogP contribution in [0.4, 0.5) is 0 Å². The fraction of sp³-hybridized carbons (Fsp3) is 0.933. The molecule has 0 radical (unpaired) electrons. The fourth-order valence-electron chi connectivity index (χ4n) is 3.08. The maximum atomic E-state index is 12.0. The quantitative estimate of drug-likeness (QED) is 0.706. The normalized spacial score (nSPS) is 22.2. The van der Waals surface area contributed by atoms with Crippen LogP contribution in [0.3, 0.4) is 0 Å². The molecule has 1 fully saturated rings. The summed E-state index contributed by atoms with van der Waals surface area (Å²) in [5, 5.41) is 3.29. The summed E-state index contributed by atoms with van der Waals surface area (Å²) in [6, 6.07) is 0.372. The van der Waals surface area contributed by atoms with E-state index in [0.717, 1.165) is 45.7 Å². The lowest BCUT2D eigenvalue weighted by Crippen LogP contribution is -2.56. The number of methoxy groups -OCH3 is 1. The second-order valence-corrected chi connectivity index (χ2v) is 5.88. The van der Waals surface area contributed by atoms with E-state index in [2.05, 4.69) is 29.0 Å². The van der Waals surface area contributed by atoms with Crippen LogP contribution < -0.4 is 5.32 Å². The van der Waals surface area contributed by atoms with E-state index in [1.54, 1.807) is 0 Å². The Morgan fingerprint density at radius 1 is 1.30 bits per heavy atom. The smallest absolute Gasteiger partial charge is 0.325 e. The molecule has 5 nitrogen and oxygen atoms in total. The second-order valence-electron chi connectivity index (χ2n) is 5.88. The molecule has 118 valence electrons. The zero-order valence-corrected chi connectivity index (χ0v) is 13.7. The van der Waals surface area contributed by atoms with Gasteiger partial charge in [-0.25, -0.2) is 0 Å². The summed E-state index contributed by atoms with van der Waals surface area (Å²) < 4.78 is 4.96. The summed E-state index contributed by atoms with van der Waals surface area (Å²) in [6.45, 7) is 14.7. The Labute approximate surface area is 123 Å². The third-order valence-corrected chi connectivity index (χ3v) is 4.38. The number of likely N-dealkylation sites (N-methyl/N-ethyl adjacent to an activating group) is 2. The van der Waals surface area contributed by atoms with Crippen LogP contribution in [-0.4, -0.2) is 73.7 Å². The van der Waals surface area contributed by atoms with E-state index in [9.17, 15) is 4.79 Å². The third-order valence-electron chi connectivity index (χ3n) is 4.38. The molecule has 0 aromatic heterocycles. The van der Waals surface area contributed by atoms with Crippen molar-refractivity contribution in [1.82, 2.24) is 15.1 Å². The number of nitrogens with zero attached hydrogens (tertiary/aromatic N) is 2. The van der Waals surface area contributed by atoms with Gasteiger partial charge in [-0.1, -0.05) is 13.8 Å². The van der Waals surface area contributed by atoms with Gasteiger partial charge in [0.15, 0.2) is 0 Å². The lowest BCUT2D eigenvalue weighted by molar-refractivity contribution is -0.148. The van der Waals surface area contributed by atoms with Crippen LogP contribution in [0.15, 0.2) is 0 Å². The van der Waals surface area contributed by atoms with Gasteiger partial charge in [-0.05, 0) is 33.4 Å². The first-order valence-electron chi connectivity index (χ1n) is 7.76. The van der Waals surface area contributed by atoms with E-state index in [0.29, 0.717) is 6.04 Å².